The molecule has 0 aliphatic rings. The first kappa shape index (κ1) is 18.7. The number of carbonyl (C=O) groups excluding carboxylic acids is 1. The molecule has 10 heteroatoms. The van der Waals surface area contributed by atoms with Crippen molar-refractivity contribution in [2.24, 2.45) is 0 Å². The van der Waals surface area contributed by atoms with Gasteiger partial charge in [-0.2, -0.15) is 13.2 Å². The zero-order valence-corrected chi connectivity index (χ0v) is 14.3. The maximum atomic E-state index is 13.2. The van der Waals surface area contributed by atoms with Crippen LogP contribution in [-0.2, 0) is 12.7 Å². The first-order valence-electron chi connectivity index (χ1n) is 7.59. The second-order valence-corrected chi connectivity index (χ2v) is 5.80. The second kappa shape index (κ2) is 7.67. The Hall–Kier alpha value is -3.07. The monoisotopic (exact) mass is 396 g/mol. The van der Waals surface area contributed by atoms with Crippen LogP contribution in [0.15, 0.2) is 53.4 Å². The van der Waals surface area contributed by atoms with E-state index in [1.54, 1.807) is 12.1 Å². The molecule has 140 valence electrons. The standard InChI is InChI=1S/C17H12ClF3N4O2/c18-10-3-4-13(12(6-10)17(19,20)21)25-15-7-14(23-9-24-15)16(26)22-8-11-2-1-5-27-11/h1-7,9H,8H2,(H,22,26)(H,23,24,25). The average Bonchev–Trinajstić information content (AvgIpc) is 3.14. The molecule has 0 saturated carbocycles. The van der Waals surface area contributed by atoms with Gasteiger partial charge in [0.05, 0.1) is 24.1 Å². The van der Waals surface area contributed by atoms with Crippen LogP contribution < -0.4 is 10.6 Å². The molecule has 0 bridgehead atoms. The van der Waals surface area contributed by atoms with Crippen LogP contribution in [0.3, 0.4) is 0 Å². The third-order valence-corrected chi connectivity index (χ3v) is 3.69. The zero-order chi connectivity index (χ0) is 19.4. The van der Waals surface area contributed by atoms with Crippen LogP contribution in [0.4, 0.5) is 24.7 Å². The highest BCUT2D eigenvalue weighted by Gasteiger charge is 2.34. The fraction of sp³-hybridized carbons (Fsp3) is 0.118. The van der Waals surface area contributed by atoms with E-state index in [2.05, 4.69) is 20.6 Å². The summed E-state index contributed by atoms with van der Waals surface area (Å²) in [5.41, 5.74) is -1.20. The zero-order valence-electron chi connectivity index (χ0n) is 13.5. The van der Waals surface area contributed by atoms with E-state index in [9.17, 15) is 18.0 Å². The molecule has 0 aliphatic carbocycles. The number of carbonyl (C=O) groups is 1. The van der Waals surface area contributed by atoms with Crippen molar-refractivity contribution < 1.29 is 22.4 Å². The van der Waals surface area contributed by atoms with Gasteiger partial charge in [0.25, 0.3) is 5.91 Å². The second-order valence-electron chi connectivity index (χ2n) is 5.36. The van der Waals surface area contributed by atoms with Crippen molar-refractivity contribution >= 4 is 29.0 Å². The van der Waals surface area contributed by atoms with Crippen molar-refractivity contribution in [3.8, 4) is 0 Å². The molecule has 0 radical (unpaired) electrons. The fourth-order valence-electron chi connectivity index (χ4n) is 2.22. The Morgan fingerprint density at radius 3 is 2.70 bits per heavy atom. The van der Waals surface area contributed by atoms with Gasteiger partial charge in [0, 0.05) is 11.1 Å². The van der Waals surface area contributed by atoms with Crippen LogP contribution in [0, 0.1) is 0 Å². The van der Waals surface area contributed by atoms with Crippen molar-refractivity contribution in [1.82, 2.24) is 15.3 Å². The van der Waals surface area contributed by atoms with Crippen molar-refractivity contribution in [2.45, 2.75) is 12.7 Å². The molecular formula is C17H12ClF3N4O2. The number of nitrogens with zero attached hydrogens (tertiary/aromatic N) is 2. The van der Waals surface area contributed by atoms with Crippen LogP contribution in [0.1, 0.15) is 21.8 Å². The van der Waals surface area contributed by atoms with E-state index in [0.29, 0.717) is 5.76 Å². The summed E-state index contributed by atoms with van der Waals surface area (Å²) in [7, 11) is 0. The van der Waals surface area contributed by atoms with E-state index in [0.717, 1.165) is 12.4 Å². The van der Waals surface area contributed by atoms with E-state index in [1.165, 1.54) is 24.5 Å². The van der Waals surface area contributed by atoms with Gasteiger partial charge in [-0.1, -0.05) is 11.6 Å². The fourth-order valence-corrected chi connectivity index (χ4v) is 2.39. The van der Waals surface area contributed by atoms with Gasteiger partial charge < -0.3 is 15.1 Å². The molecule has 0 fully saturated rings. The lowest BCUT2D eigenvalue weighted by Crippen LogP contribution is -2.23. The van der Waals surface area contributed by atoms with Crippen LogP contribution in [0.5, 0.6) is 0 Å². The number of rotatable bonds is 5. The molecule has 0 saturated heterocycles. The van der Waals surface area contributed by atoms with Gasteiger partial charge >= 0.3 is 6.18 Å². The maximum absolute atomic E-state index is 13.2. The topological polar surface area (TPSA) is 80.0 Å². The highest BCUT2D eigenvalue weighted by atomic mass is 35.5. The Morgan fingerprint density at radius 1 is 1.19 bits per heavy atom. The van der Waals surface area contributed by atoms with Gasteiger partial charge in [-0.3, -0.25) is 4.79 Å². The Labute approximate surface area is 156 Å². The Kier molecular flexibility index (Phi) is 5.31. The molecule has 2 heterocycles. The number of hydrogen-bond acceptors (Lipinski definition) is 5. The van der Waals surface area contributed by atoms with Crippen molar-refractivity contribution in [3.05, 3.63) is 71.0 Å². The molecule has 27 heavy (non-hydrogen) atoms. The number of alkyl halides is 3. The summed E-state index contributed by atoms with van der Waals surface area (Å²) in [6, 6.07) is 7.92. The molecule has 3 aromatic rings. The normalized spacial score (nSPS) is 11.3. The third-order valence-electron chi connectivity index (χ3n) is 3.45. The summed E-state index contributed by atoms with van der Waals surface area (Å²) in [6.07, 6.45) is -2.06. The number of benzene rings is 1. The molecule has 2 aromatic heterocycles. The lowest BCUT2D eigenvalue weighted by Gasteiger charge is -2.14. The number of halogens is 4. The maximum Gasteiger partial charge on any atom is 0.418 e. The molecule has 0 atom stereocenters. The lowest BCUT2D eigenvalue weighted by molar-refractivity contribution is -0.136. The van der Waals surface area contributed by atoms with Crippen LogP contribution in [0.25, 0.3) is 0 Å². The third kappa shape index (κ3) is 4.76. The summed E-state index contributed by atoms with van der Waals surface area (Å²) >= 11 is 5.66. The molecule has 0 spiro atoms. The number of nitrogens with one attached hydrogen (secondary N) is 2. The van der Waals surface area contributed by atoms with Gasteiger partial charge in [-0.25, -0.2) is 9.97 Å². The van der Waals surface area contributed by atoms with Crippen molar-refractivity contribution in [1.29, 1.82) is 0 Å². The van der Waals surface area contributed by atoms with E-state index in [4.69, 9.17) is 16.0 Å². The number of anilines is 2. The molecular weight excluding hydrogens is 385 g/mol. The molecule has 2 N–H and O–H groups in total. The van der Waals surface area contributed by atoms with E-state index >= 15 is 0 Å². The van der Waals surface area contributed by atoms with E-state index in [1.807, 2.05) is 0 Å². The van der Waals surface area contributed by atoms with Crippen LogP contribution in [-0.4, -0.2) is 15.9 Å². The minimum absolute atomic E-state index is 0.0124. The van der Waals surface area contributed by atoms with Crippen molar-refractivity contribution in [2.75, 3.05) is 5.32 Å². The molecule has 0 aliphatic heterocycles. The molecule has 6 nitrogen and oxygen atoms in total. The average molecular weight is 397 g/mol. The number of amides is 1. The van der Waals surface area contributed by atoms with Crippen LogP contribution in [0.2, 0.25) is 5.02 Å². The van der Waals surface area contributed by atoms with Gasteiger partial charge in [0.15, 0.2) is 0 Å². The largest absolute Gasteiger partial charge is 0.467 e. The summed E-state index contributed by atoms with van der Waals surface area (Å²) in [5, 5.41) is 5.08. The van der Waals surface area contributed by atoms with Gasteiger partial charge in [0.2, 0.25) is 0 Å². The SMILES string of the molecule is O=C(NCc1ccco1)c1cc(Nc2ccc(Cl)cc2C(F)(F)F)ncn1. The number of furan rings is 1. The quantitative estimate of drug-likeness (QED) is 0.667. The minimum Gasteiger partial charge on any atom is -0.467 e. The molecule has 3 rings (SSSR count). The Morgan fingerprint density at radius 2 is 2.00 bits per heavy atom. The van der Waals surface area contributed by atoms with Gasteiger partial charge in [-0.05, 0) is 30.3 Å². The molecule has 0 unspecified atom stereocenters. The molecule has 1 aromatic carbocycles. The predicted octanol–water partition coefficient (Wildman–Crippen LogP) is 4.42. The lowest BCUT2D eigenvalue weighted by atomic mass is 10.1. The summed E-state index contributed by atoms with van der Waals surface area (Å²) in [6.45, 7) is 0.147. The molecule has 1 amide bonds. The smallest absolute Gasteiger partial charge is 0.418 e. The van der Waals surface area contributed by atoms with Crippen molar-refractivity contribution in [3.63, 3.8) is 0 Å². The first-order chi connectivity index (χ1) is 12.8. The minimum atomic E-state index is -4.61. The first-order valence-corrected chi connectivity index (χ1v) is 7.97. The highest BCUT2D eigenvalue weighted by Crippen LogP contribution is 2.37. The summed E-state index contributed by atoms with van der Waals surface area (Å²) in [5.74, 6) is 0.0525. The highest BCUT2D eigenvalue weighted by molar-refractivity contribution is 6.30. The number of hydrogen-bond donors (Lipinski definition) is 2. The van der Waals surface area contributed by atoms with Gasteiger partial charge in [-0.15, -0.1) is 0 Å². The summed E-state index contributed by atoms with van der Waals surface area (Å²) in [4.78, 5) is 19.8. The predicted molar refractivity (Wildman–Crippen MR) is 91.6 cm³/mol. The Bertz CT molecular complexity index is 946. The van der Waals surface area contributed by atoms with E-state index in [-0.39, 0.29) is 28.8 Å². The van der Waals surface area contributed by atoms with Gasteiger partial charge in [0.1, 0.15) is 23.6 Å². The number of aromatic nitrogens is 2. The van der Waals surface area contributed by atoms with E-state index < -0.39 is 17.6 Å². The Balaban J connectivity index is 1.77. The summed E-state index contributed by atoms with van der Waals surface area (Å²) < 4.78 is 44.6. The van der Waals surface area contributed by atoms with Crippen LogP contribution >= 0.6 is 11.6 Å².